The second-order valence-corrected chi connectivity index (χ2v) is 1.46. The minimum Gasteiger partial charge on any atom is -0.294 e. The zero-order valence-electron chi connectivity index (χ0n) is 4.61. The number of hydrogen-bond donors (Lipinski definition) is 1. The lowest BCUT2D eigenvalue weighted by molar-refractivity contribution is -0.300. The third kappa shape index (κ3) is 5.63. The van der Waals surface area contributed by atoms with Gasteiger partial charge in [-0.3, -0.25) is 5.73 Å². The number of amides is 1. The molecule has 3 N–H and O–H groups in total. The molecule has 1 radical (unpaired) electrons. The van der Waals surface area contributed by atoms with Crippen molar-refractivity contribution in [1.29, 1.82) is 0 Å². The van der Waals surface area contributed by atoms with E-state index in [1.165, 1.54) is 0 Å². The fourth-order valence-corrected chi connectivity index (χ4v) is 0.305. The van der Waals surface area contributed by atoms with Crippen molar-refractivity contribution in [2.75, 3.05) is 0 Å². The van der Waals surface area contributed by atoms with Crippen molar-refractivity contribution in [2.24, 2.45) is 0 Å². The summed E-state index contributed by atoms with van der Waals surface area (Å²) in [5.74, 6) is -0.0677. The van der Waals surface area contributed by atoms with E-state index in [-0.39, 0.29) is 5.91 Å². The summed E-state index contributed by atoms with van der Waals surface area (Å²) >= 11 is 0. The number of carbonyl (C=O) groups excluding carboxylic acids is 1. The summed E-state index contributed by atoms with van der Waals surface area (Å²) < 4.78 is 0. The van der Waals surface area contributed by atoms with Crippen LogP contribution in [0.25, 0.3) is 0 Å². The maximum Gasteiger partial charge on any atom is 0.312 e. The van der Waals surface area contributed by atoms with Crippen LogP contribution in [0.1, 0.15) is 19.8 Å². The SMILES string of the molecule is CCC[CH]C([NH3+])=O. The van der Waals surface area contributed by atoms with Gasteiger partial charge in [0.15, 0.2) is 0 Å². The molecular weight excluding hydrogens is 90.1 g/mol. The van der Waals surface area contributed by atoms with Crippen molar-refractivity contribution < 1.29 is 10.5 Å². The zero-order valence-corrected chi connectivity index (χ0v) is 4.61. The van der Waals surface area contributed by atoms with Gasteiger partial charge in [-0.25, -0.2) is 4.79 Å². The van der Waals surface area contributed by atoms with Gasteiger partial charge in [0.25, 0.3) is 0 Å². The van der Waals surface area contributed by atoms with E-state index in [2.05, 4.69) is 5.73 Å². The molecule has 1 amide bonds. The van der Waals surface area contributed by atoms with E-state index in [1.807, 2.05) is 6.92 Å². The lowest BCUT2D eigenvalue weighted by atomic mass is 10.2. The molecule has 0 aromatic heterocycles. The zero-order chi connectivity index (χ0) is 5.70. The highest BCUT2D eigenvalue weighted by Crippen LogP contribution is 1.87. The molecule has 0 aliphatic carbocycles. The van der Waals surface area contributed by atoms with Crippen LogP contribution in [-0.4, -0.2) is 5.91 Å². The van der Waals surface area contributed by atoms with Gasteiger partial charge in [-0.1, -0.05) is 13.3 Å². The van der Waals surface area contributed by atoms with Gasteiger partial charge < -0.3 is 0 Å². The molecule has 0 saturated heterocycles. The molecule has 0 aromatic carbocycles. The number of hydrogen-bond acceptors (Lipinski definition) is 1. The van der Waals surface area contributed by atoms with Crippen LogP contribution in [0.15, 0.2) is 0 Å². The normalized spacial score (nSPS) is 8.86. The Morgan fingerprint density at radius 1 is 1.86 bits per heavy atom. The molecule has 0 atom stereocenters. The Balaban J connectivity index is 2.82. The quantitative estimate of drug-likeness (QED) is 0.524. The van der Waals surface area contributed by atoms with E-state index in [1.54, 1.807) is 6.42 Å². The Bertz CT molecular complexity index is 61.1. The molecule has 0 saturated carbocycles. The van der Waals surface area contributed by atoms with Gasteiger partial charge in [0.05, 0.1) is 6.42 Å². The van der Waals surface area contributed by atoms with Crippen molar-refractivity contribution in [3.05, 3.63) is 6.42 Å². The molecule has 0 fully saturated rings. The maximum absolute atomic E-state index is 10.0. The maximum atomic E-state index is 10.0. The predicted molar refractivity (Wildman–Crippen MR) is 27.1 cm³/mol. The molecule has 0 rings (SSSR count). The summed E-state index contributed by atoms with van der Waals surface area (Å²) in [5.41, 5.74) is 3.18. The second-order valence-electron chi connectivity index (χ2n) is 1.46. The van der Waals surface area contributed by atoms with Crippen molar-refractivity contribution >= 4 is 5.91 Å². The molecule has 0 aromatic rings. The molecule has 7 heavy (non-hydrogen) atoms. The number of quaternary nitrogens is 1. The summed E-state index contributed by atoms with van der Waals surface area (Å²) in [6, 6.07) is 0. The van der Waals surface area contributed by atoms with Crippen LogP contribution in [-0.2, 0) is 4.79 Å². The standard InChI is InChI=1S/C5H10NO/c1-2-3-4-5(6)7/h4H,2-3H2,1H3,(H2,6,7)/p+1. The summed E-state index contributed by atoms with van der Waals surface area (Å²) in [6.45, 7) is 2.03. The average Bonchev–Trinajstić information content (AvgIpc) is 1.61. The van der Waals surface area contributed by atoms with Gasteiger partial charge in [-0.15, -0.1) is 0 Å². The van der Waals surface area contributed by atoms with Crippen molar-refractivity contribution in [3.8, 4) is 0 Å². The average molecular weight is 101 g/mol. The van der Waals surface area contributed by atoms with Gasteiger partial charge in [-0.2, -0.15) is 0 Å². The Hall–Kier alpha value is -0.370. The van der Waals surface area contributed by atoms with E-state index in [0.717, 1.165) is 12.8 Å². The minimum absolute atomic E-state index is 0.0677. The number of carbonyl (C=O) groups is 1. The third-order valence-electron chi connectivity index (χ3n) is 0.661. The smallest absolute Gasteiger partial charge is 0.294 e. The summed E-state index contributed by atoms with van der Waals surface area (Å²) in [4.78, 5) is 10.0. The van der Waals surface area contributed by atoms with Crippen LogP contribution in [0.3, 0.4) is 0 Å². The van der Waals surface area contributed by atoms with E-state index >= 15 is 0 Å². The van der Waals surface area contributed by atoms with Gasteiger partial charge in [0.2, 0.25) is 0 Å². The molecule has 2 nitrogen and oxygen atoms in total. The van der Waals surface area contributed by atoms with Crippen LogP contribution in [0.5, 0.6) is 0 Å². The second kappa shape index (κ2) is 3.81. The Kier molecular flexibility index (Phi) is 3.61. The van der Waals surface area contributed by atoms with Crippen LogP contribution >= 0.6 is 0 Å². The molecule has 41 valence electrons. The Morgan fingerprint density at radius 3 is 2.57 bits per heavy atom. The number of rotatable bonds is 3. The number of unbranched alkanes of at least 4 members (excludes halogenated alkanes) is 1. The fraction of sp³-hybridized carbons (Fsp3) is 0.600. The highest BCUT2D eigenvalue weighted by molar-refractivity contribution is 5.74. The highest BCUT2D eigenvalue weighted by atomic mass is 16.1. The molecular formula is C5H11NO+. The molecule has 0 spiro atoms. The third-order valence-corrected chi connectivity index (χ3v) is 0.661. The molecule has 0 aliphatic rings. The molecule has 0 heterocycles. The first-order chi connectivity index (χ1) is 3.27. The molecule has 0 aliphatic heterocycles. The van der Waals surface area contributed by atoms with Crippen molar-refractivity contribution in [3.63, 3.8) is 0 Å². The lowest BCUT2D eigenvalue weighted by Gasteiger charge is -1.82. The van der Waals surface area contributed by atoms with Crippen molar-refractivity contribution in [2.45, 2.75) is 19.8 Å². The molecule has 2 heteroatoms. The Labute approximate surface area is 43.7 Å². The molecule has 0 unspecified atom stereocenters. The van der Waals surface area contributed by atoms with Crippen LogP contribution < -0.4 is 5.73 Å². The fourth-order valence-electron chi connectivity index (χ4n) is 0.305. The van der Waals surface area contributed by atoms with Gasteiger partial charge in [0, 0.05) is 0 Å². The van der Waals surface area contributed by atoms with Gasteiger partial charge >= 0.3 is 5.91 Å². The topological polar surface area (TPSA) is 44.7 Å². The first-order valence-electron chi connectivity index (χ1n) is 2.46. The molecule has 0 bridgehead atoms. The minimum atomic E-state index is -0.0677. The van der Waals surface area contributed by atoms with E-state index in [4.69, 9.17) is 0 Å². The summed E-state index contributed by atoms with van der Waals surface area (Å²) in [6.07, 6.45) is 3.49. The van der Waals surface area contributed by atoms with E-state index < -0.39 is 0 Å². The van der Waals surface area contributed by atoms with Crippen molar-refractivity contribution in [1.82, 2.24) is 0 Å². The van der Waals surface area contributed by atoms with Crippen LogP contribution in [0.2, 0.25) is 0 Å². The summed E-state index contributed by atoms with van der Waals surface area (Å²) in [5, 5.41) is 0. The first-order valence-corrected chi connectivity index (χ1v) is 2.46. The Morgan fingerprint density at radius 2 is 2.43 bits per heavy atom. The van der Waals surface area contributed by atoms with Crippen LogP contribution in [0, 0.1) is 6.42 Å². The lowest BCUT2D eigenvalue weighted by Crippen LogP contribution is -2.56. The van der Waals surface area contributed by atoms with Crippen LogP contribution in [0.4, 0.5) is 0 Å². The van der Waals surface area contributed by atoms with E-state index in [0.29, 0.717) is 0 Å². The van der Waals surface area contributed by atoms with E-state index in [9.17, 15) is 4.79 Å². The summed E-state index contributed by atoms with van der Waals surface area (Å²) in [7, 11) is 0. The van der Waals surface area contributed by atoms with Gasteiger partial charge in [-0.05, 0) is 6.42 Å². The monoisotopic (exact) mass is 101 g/mol. The first kappa shape index (κ1) is 6.63. The predicted octanol–water partition coefficient (Wildman–Crippen LogP) is -0.241. The van der Waals surface area contributed by atoms with Gasteiger partial charge in [0.1, 0.15) is 0 Å². The highest BCUT2D eigenvalue weighted by Gasteiger charge is 1.93. The largest absolute Gasteiger partial charge is 0.312 e.